The number of carbonyl (C=O) groups is 2. The van der Waals surface area contributed by atoms with E-state index in [1.807, 2.05) is 0 Å². The lowest BCUT2D eigenvalue weighted by molar-refractivity contribution is -0.384. The van der Waals surface area contributed by atoms with Crippen molar-refractivity contribution in [2.24, 2.45) is 0 Å². The maximum atomic E-state index is 12.8. The third-order valence-electron chi connectivity index (χ3n) is 3.11. The predicted molar refractivity (Wildman–Crippen MR) is 85.2 cm³/mol. The van der Waals surface area contributed by atoms with Gasteiger partial charge in [-0.05, 0) is 37.3 Å². The average molecular weight is 347 g/mol. The van der Waals surface area contributed by atoms with Gasteiger partial charge >= 0.3 is 0 Å². The average Bonchev–Trinajstić information content (AvgIpc) is 2.61. The van der Waals surface area contributed by atoms with Crippen molar-refractivity contribution in [1.82, 2.24) is 10.9 Å². The first kappa shape index (κ1) is 17.9. The first-order valence-electron chi connectivity index (χ1n) is 7.13. The van der Waals surface area contributed by atoms with Crippen LogP contribution in [0.4, 0.5) is 10.1 Å². The number of nitro groups is 1. The highest BCUT2D eigenvalue weighted by atomic mass is 19.1. The minimum absolute atomic E-state index is 0.0154. The first-order chi connectivity index (χ1) is 11.9. The number of nitrogens with one attached hydrogen (secondary N) is 2. The summed E-state index contributed by atoms with van der Waals surface area (Å²) in [6.45, 7) is 1.44. The number of hydrazine groups is 1. The van der Waals surface area contributed by atoms with Crippen LogP contribution in [-0.2, 0) is 4.79 Å². The Kier molecular flexibility index (Phi) is 5.62. The molecular weight excluding hydrogens is 333 g/mol. The van der Waals surface area contributed by atoms with Crippen molar-refractivity contribution in [1.29, 1.82) is 0 Å². The minimum atomic E-state index is -0.962. The fourth-order valence-corrected chi connectivity index (χ4v) is 1.82. The topological polar surface area (TPSA) is 111 Å². The van der Waals surface area contributed by atoms with E-state index in [4.69, 9.17) is 4.74 Å². The summed E-state index contributed by atoms with van der Waals surface area (Å²) in [5.74, 6) is -1.52. The number of non-ortho nitro benzene ring substituents is 1. The minimum Gasteiger partial charge on any atom is -0.481 e. The van der Waals surface area contributed by atoms with Gasteiger partial charge in [-0.15, -0.1) is 0 Å². The molecule has 0 saturated heterocycles. The summed E-state index contributed by atoms with van der Waals surface area (Å²) in [5, 5.41) is 10.7. The van der Waals surface area contributed by atoms with Crippen molar-refractivity contribution >= 4 is 17.5 Å². The van der Waals surface area contributed by atoms with Crippen LogP contribution in [-0.4, -0.2) is 22.8 Å². The zero-order valence-corrected chi connectivity index (χ0v) is 13.1. The molecule has 0 aliphatic carbocycles. The summed E-state index contributed by atoms with van der Waals surface area (Å²) >= 11 is 0. The standard InChI is InChI=1S/C16H14FN3O5/c1-10(25-14-7-5-12(17)6-8-14)15(21)18-19-16(22)11-3-2-4-13(9-11)20(23)24/h2-10H,1H3,(H,18,21)(H,19,22). The van der Waals surface area contributed by atoms with Crippen LogP contribution in [0.1, 0.15) is 17.3 Å². The molecule has 0 aliphatic heterocycles. The molecule has 1 atom stereocenters. The molecule has 0 spiro atoms. The second-order valence-electron chi connectivity index (χ2n) is 4.96. The Labute approximate surface area is 141 Å². The summed E-state index contributed by atoms with van der Waals surface area (Å²) in [6.07, 6.45) is -0.962. The second-order valence-corrected chi connectivity index (χ2v) is 4.96. The SMILES string of the molecule is CC(Oc1ccc(F)cc1)C(=O)NNC(=O)c1cccc([N+](=O)[O-])c1. The van der Waals surface area contributed by atoms with Gasteiger partial charge in [-0.25, -0.2) is 4.39 Å². The molecule has 0 saturated carbocycles. The molecule has 9 heteroatoms. The number of hydrogen-bond donors (Lipinski definition) is 2. The summed E-state index contributed by atoms with van der Waals surface area (Å²) in [6, 6.07) is 10.1. The number of carbonyl (C=O) groups excluding carboxylic acids is 2. The number of benzene rings is 2. The van der Waals surface area contributed by atoms with Gasteiger partial charge in [0.05, 0.1) is 4.92 Å². The van der Waals surface area contributed by atoms with Crippen molar-refractivity contribution < 1.29 is 23.6 Å². The van der Waals surface area contributed by atoms with E-state index < -0.39 is 28.7 Å². The van der Waals surface area contributed by atoms with Crippen LogP contribution in [0.3, 0.4) is 0 Å². The van der Waals surface area contributed by atoms with Crippen LogP contribution < -0.4 is 15.6 Å². The van der Waals surface area contributed by atoms with Gasteiger partial charge in [-0.1, -0.05) is 6.07 Å². The van der Waals surface area contributed by atoms with Crippen molar-refractivity contribution in [3.05, 3.63) is 70.0 Å². The fraction of sp³-hybridized carbons (Fsp3) is 0.125. The molecule has 2 aromatic rings. The van der Waals surface area contributed by atoms with E-state index in [-0.39, 0.29) is 17.0 Å². The zero-order chi connectivity index (χ0) is 18.4. The maximum Gasteiger partial charge on any atom is 0.279 e. The van der Waals surface area contributed by atoms with Crippen molar-refractivity contribution in [2.75, 3.05) is 0 Å². The molecule has 2 amide bonds. The van der Waals surface area contributed by atoms with Gasteiger partial charge in [0, 0.05) is 17.7 Å². The number of nitrogens with zero attached hydrogens (tertiary/aromatic N) is 1. The van der Waals surface area contributed by atoms with E-state index in [1.165, 1.54) is 49.4 Å². The lowest BCUT2D eigenvalue weighted by Gasteiger charge is -2.15. The molecule has 2 rings (SSSR count). The predicted octanol–water partition coefficient (Wildman–Crippen LogP) is 1.96. The molecule has 0 aliphatic rings. The highest BCUT2D eigenvalue weighted by Gasteiger charge is 2.17. The fourth-order valence-electron chi connectivity index (χ4n) is 1.82. The molecule has 0 bridgehead atoms. The quantitative estimate of drug-likeness (QED) is 0.634. The highest BCUT2D eigenvalue weighted by molar-refractivity contribution is 5.96. The third kappa shape index (κ3) is 4.99. The summed E-state index contributed by atoms with van der Waals surface area (Å²) in [7, 11) is 0. The Balaban J connectivity index is 1.90. The number of halogens is 1. The van der Waals surface area contributed by atoms with Gasteiger partial charge < -0.3 is 4.74 Å². The Morgan fingerprint density at radius 2 is 1.84 bits per heavy atom. The van der Waals surface area contributed by atoms with Crippen molar-refractivity contribution in [3.8, 4) is 5.75 Å². The molecule has 0 radical (unpaired) electrons. The molecule has 1 unspecified atom stereocenters. The summed E-state index contributed by atoms with van der Waals surface area (Å²) in [4.78, 5) is 33.9. The molecule has 0 fully saturated rings. The van der Waals surface area contributed by atoms with E-state index in [0.717, 1.165) is 6.07 Å². The largest absolute Gasteiger partial charge is 0.481 e. The molecule has 0 aromatic heterocycles. The number of rotatable bonds is 5. The molecule has 130 valence electrons. The normalized spacial score (nSPS) is 11.3. The van der Waals surface area contributed by atoms with Crippen LogP contribution in [0.5, 0.6) is 5.75 Å². The lowest BCUT2D eigenvalue weighted by Crippen LogP contribution is -2.47. The lowest BCUT2D eigenvalue weighted by atomic mass is 10.2. The molecule has 25 heavy (non-hydrogen) atoms. The van der Waals surface area contributed by atoms with Gasteiger partial charge in [0.2, 0.25) is 0 Å². The first-order valence-corrected chi connectivity index (χ1v) is 7.13. The zero-order valence-electron chi connectivity index (χ0n) is 13.1. The van der Waals surface area contributed by atoms with Crippen LogP contribution in [0, 0.1) is 15.9 Å². The molecule has 8 nitrogen and oxygen atoms in total. The van der Waals surface area contributed by atoms with Crippen LogP contribution in [0.15, 0.2) is 48.5 Å². The van der Waals surface area contributed by atoms with E-state index in [2.05, 4.69) is 10.9 Å². The smallest absolute Gasteiger partial charge is 0.279 e. The van der Waals surface area contributed by atoms with Crippen molar-refractivity contribution in [3.63, 3.8) is 0 Å². The number of hydrogen-bond acceptors (Lipinski definition) is 5. The van der Waals surface area contributed by atoms with Crippen molar-refractivity contribution in [2.45, 2.75) is 13.0 Å². The third-order valence-corrected chi connectivity index (χ3v) is 3.11. The van der Waals surface area contributed by atoms with Crippen LogP contribution >= 0.6 is 0 Å². The van der Waals surface area contributed by atoms with Gasteiger partial charge in [-0.2, -0.15) is 0 Å². The molecular formula is C16H14FN3O5. The Morgan fingerprint density at radius 1 is 1.16 bits per heavy atom. The summed E-state index contributed by atoms with van der Waals surface area (Å²) < 4.78 is 18.1. The van der Waals surface area contributed by atoms with Gasteiger partial charge in [0.1, 0.15) is 11.6 Å². The molecule has 2 N–H and O–H groups in total. The second kappa shape index (κ2) is 7.86. The Hall–Kier alpha value is -3.49. The van der Waals surface area contributed by atoms with Crippen LogP contribution in [0.25, 0.3) is 0 Å². The monoisotopic (exact) mass is 347 g/mol. The van der Waals surface area contributed by atoms with E-state index in [9.17, 15) is 24.1 Å². The number of ether oxygens (including phenoxy) is 1. The van der Waals surface area contributed by atoms with E-state index in [1.54, 1.807) is 0 Å². The Morgan fingerprint density at radius 3 is 2.48 bits per heavy atom. The molecule has 2 aromatic carbocycles. The highest BCUT2D eigenvalue weighted by Crippen LogP contribution is 2.14. The maximum absolute atomic E-state index is 12.8. The van der Waals surface area contributed by atoms with Gasteiger partial charge in [-0.3, -0.25) is 30.6 Å². The molecule has 0 heterocycles. The van der Waals surface area contributed by atoms with E-state index in [0.29, 0.717) is 0 Å². The number of nitro benzene ring substituents is 1. The summed E-state index contributed by atoms with van der Waals surface area (Å²) in [5.41, 5.74) is 4.07. The number of amides is 2. The Bertz CT molecular complexity index is 795. The van der Waals surface area contributed by atoms with Crippen LogP contribution in [0.2, 0.25) is 0 Å². The van der Waals surface area contributed by atoms with Gasteiger partial charge in [0.25, 0.3) is 17.5 Å². The van der Waals surface area contributed by atoms with Gasteiger partial charge in [0.15, 0.2) is 6.10 Å². The van der Waals surface area contributed by atoms with E-state index >= 15 is 0 Å².